The molecule has 1 saturated carbocycles. The molecule has 6 nitrogen and oxygen atoms in total. The van der Waals surface area contributed by atoms with Crippen LogP contribution < -0.4 is 0 Å². The van der Waals surface area contributed by atoms with Gasteiger partial charge in [0, 0.05) is 73.0 Å². The van der Waals surface area contributed by atoms with Crippen molar-refractivity contribution in [3.05, 3.63) is 35.2 Å². The summed E-state index contributed by atoms with van der Waals surface area (Å²) in [6.45, 7) is 6.00. The van der Waals surface area contributed by atoms with Crippen LogP contribution in [-0.4, -0.2) is 75.9 Å². The van der Waals surface area contributed by atoms with Crippen LogP contribution in [0.1, 0.15) is 29.7 Å². The number of carbonyl (C=O) groups is 1. The highest BCUT2D eigenvalue weighted by Crippen LogP contribution is 2.35. The lowest BCUT2D eigenvalue weighted by Gasteiger charge is -2.46. The summed E-state index contributed by atoms with van der Waals surface area (Å²) < 4.78 is 0. The molecule has 28 heavy (non-hydrogen) atoms. The molecule has 0 amide bonds. The van der Waals surface area contributed by atoms with Gasteiger partial charge in [-0.2, -0.15) is 0 Å². The third kappa shape index (κ3) is 3.52. The maximum absolute atomic E-state index is 12.0. The van der Waals surface area contributed by atoms with Crippen LogP contribution in [0.5, 0.6) is 0 Å². The Labute approximate surface area is 170 Å². The van der Waals surface area contributed by atoms with Crippen molar-refractivity contribution in [1.82, 2.24) is 24.7 Å². The molecule has 0 N–H and O–H groups in total. The van der Waals surface area contributed by atoms with Crippen molar-refractivity contribution in [2.24, 2.45) is 0 Å². The second kappa shape index (κ2) is 7.99. The van der Waals surface area contributed by atoms with Crippen LogP contribution in [0.15, 0.2) is 24.8 Å². The van der Waals surface area contributed by atoms with Gasteiger partial charge in [0.05, 0.1) is 0 Å². The van der Waals surface area contributed by atoms with Gasteiger partial charge >= 0.3 is 0 Å². The van der Waals surface area contributed by atoms with Crippen LogP contribution in [-0.2, 0) is 17.8 Å². The van der Waals surface area contributed by atoms with Gasteiger partial charge in [0.2, 0.25) is 0 Å². The Kier molecular flexibility index (Phi) is 5.24. The third-order valence-corrected chi connectivity index (χ3v) is 7.84. The minimum absolute atomic E-state index is 0.0971. The fraction of sp³-hybridized carbons (Fsp3) is 0.571. The average Bonchev–Trinajstić information content (AvgIpc) is 3.13. The summed E-state index contributed by atoms with van der Waals surface area (Å²) in [5, 5.41) is 0. The van der Waals surface area contributed by atoms with E-state index in [1.54, 1.807) is 6.33 Å². The minimum atomic E-state index is -0.0971. The van der Waals surface area contributed by atoms with Crippen molar-refractivity contribution in [3.63, 3.8) is 0 Å². The molecule has 1 unspecified atom stereocenters. The molecule has 0 aromatic carbocycles. The van der Waals surface area contributed by atoms with Gasteiger partial charge in [0.15, 0.2) is 6.29 Å². The van der Waals surface area contributed by atoms with E-state index in [2.05, 4.69) is 30.7 Å². The van der Waals surface area contributed by atoms with Crippen molar-refractivity contribution in [3.8, 4) is 10.4 Å². The Bertz CT molecular complexity index is 813. The predicted octanol–water partition coefficient (Wildman–Crippen LogP) is 2.26. The molecule has 4 heterocycles. The second-order valence-electron chi connectivity index (χ2n) is 8.11. The highest BCUT2D eigenvalue weighted by molar-refractivity contribution is 7.15. The average molecular weight is 398 g/mol. The molecule has 5 rings (SSSR count). The van der Waals surface area contributed by atoms with E-state index in [0.29, 0.717) is 0 Å². The zero-order chi connectivity index (χ0) is 18.9. The highest BCUT2D eigenvalue weighted by Gasteiger charge is 2.33. The predicted molar refractivity (Wildman–Crippen MR) is 110 cm³/mol. The molecule has 0 radical (unpaired) electrons. The Morgan fingerprint density at radius 3 is 2.54 bits per heavy atom. The summed E-state index contributed by atoms with van der Waals surface area (Å²) in [7, 11) is 0. The van der Waals surface area contributed by atoms with E-state index >= 15 is 0 Å². The smallest absolute Gasteiger partial charge is 0.151 e. The van der Waals surface area contributed by atoms with E-state index in [-0.39, 0.29) is 6.17 Å². The fourth-order valence-corrected chi connectivity index (χ4v) is 5.81. The van der Waals surface area contributed by atoms with Crippen LogP contribution in [0.2, 0.25) is 0 Å². The molecule has 3 aliphatic rings. The Balaban J connectivity index is 1.25. The molecule has 2 aromatic rings. The Morgan fingerprint density at radius 2 is 1.86 bits per heavy atom. The lowest BCUT2D eigenvalue weighted by atomic mass is 9.91. The monoisotopic (exact) mass is 397 g/mol. The summed E-state index contributed by atoms with van der Waals surface area (Å²) >= 11 is 1.84. The molecule has 0 bridgehead atoms. The normalized spacial score (nSPS) is 23.1. The summed E-state index contributed by atoms with van der Waals surface area (Å²) in [6.07, 6.45) is 11.5. The summed E-state index contributed by atoms with van der Waals surface area (Å²) in [5.41, 5.74) is 2.43. The quantitative estimate of drug-likeness (QED) is 0.722. The minimum Gasteiger partial charge on any atom is -0.300 e. The number of nitrogens with zero attached hydrogens (tertiary/aromatic N) is 5. The number of carbonyl (C=O) groups excluding carboxylic acids is 1. The number of piperazine rings is 1. The molecule has 1 atom stereocenters. The highest BCUT2D eigenvalue weighted by atomic mass is 32.1. The molecule has 2 aliphatic heterocycles. The van der Waals surface area contributed by atoms with Gasteiger partial charge in [-0.3, -0.25) is 14.7 Å². The van der Waals surface area contributed by atoms with Gasteiger partial charge in [0.1, 0.15) is 12.5 Å². The molecular weight excluding hydrogens is 370 g/mol. The maximum Gasteiger partial charge on any atom is 0.151 e. The SMILES string of the molecule is O=CC(N1CCN(C2CCC2)CC1)N1CCc2sc(-c3cncnc3)cc2C1. The maximum atomic E-state index is 12.0. The molecule has 2 aromatic heterocycles. The molecule has 148 valence electrons. The Hall–Kier alpha value is -1.67. The molecule has 1 saturated heterocycles. The van der Waals surface area contributed by atoms with Gasteiger partial charge in [-0.15, -0.1) is 11.3 Å². The van der Waals surface area contributed by atoms with E-state index < -0.39 is 0 Å². The van der Waals surface area contributed by atoms with Gasteiger partial charge in [-0.1, -0.05) is 6.42 Å². The molecular formula is C21H27N5OS. The zero-order valence-corrected chi connectivity index (χ0v) is 17.0. The molecule has 7 heteroatoms. The standard InChI is InChI=1S/C21H27N5OS/c27-14-21(25-8-6-24(7-9-25)18-2-1-3-18)26-5-4-19-16(13-26)10-20(28-19)17-11-22-15-23-12-17/h10-12,14-15,18,21H,1-9,13H2. The van der Waals surface area contributed by atoms with Gasteiger partial charge in [-0.05, 0) is 30.9 Å². The van der Waals surface area contributed by atoms with Crippen LogP contribution in [0.3, 0.4) is 0 Å². The topological polar surface area (TPSA) is 52.6 Å². The van der Waals surface area contributed by atoms with Crippen molar-refractivity contribution < 1.29 is 4.79 Å². The first-order valence-corrected chi connectivity index (χ1v) is 11.2. The van der Waals surface area contributed by atoms with Crippen molar-refractivity contribution >= 4 is 17.6 Å². The van der Waals surface area contributed by atoms with E-state index in [4.69, 9.17) is 0 Å². The molecule has 2 fully saturated rings. The molecule has 0 spiro atoms. The first-order chi connectivity index (χ1) is 13.8. The fourth-order valence-electron chi connectivity index (χ4n) is 4.67. The summed E-state index contributed by atoms with van der Waals surface area (Å²) in [4.78, 5) is 30.3. The zero-order valence-electron chi connectivity index (χ0n) is 16.2. The van der Waals surface area contributed by atoms with Crippen molar-refractivity contribution in [2.45, 2.75) is 44.4 Å². The van der Waals surface area contributed by atoms with Gasteiger partial charge in [-0.25, -0.2) is 9.97 Å². The van der Waals surface area contributed by atoms with Crippen LogP contribution in [0.4, 0.5) is 0 Å². The van der Waals surface area contributed by atoms with E-state index in [1.165, 1.54) is 34.6 Å². The first-order valence-electron chi connectivity index (χ1n) is 10.4. The Morgan fingerprint density at radius 1 is 1.07 bits per heavy atom. The second-order valence-corrected chi connectivity index (χ2v) is 9.25. The van der Waals surface area contributed by atoms with Crippen LogP contribution >= 0.6 is 11.3 Å². The first kappa shape index (κ1) is 18.4. The van der Waals surface area contributed by atoms with Gasteiger partial charge < -0.3 is 4.79 Å². The van der Waals surface area contributed by atoms with E-state index in [1.807, 2.05) is 23.7 Å². The lowest BCUT2D eigenvalue weighted by molar-refractivity contribution is -0.121. The lowest BCUT2D eigenvalue weighted by Crippen LogP contribution is -2.59. The van der Waals surface area contributed by atoms with Crippen LogP contribution in [0, 0.1) is 0 Å². The third-order valence-electron chi connectivity index (χ3n) is 6.55. The van der Waals surface area contributed by atoms with Crippen LogP contribution in [0.25, 0.3) is 10.4 Å². The van der Waals surface area contributed by atoms with Crippen molar-refractivity contribution in [1.29, 1.82) is 0 Å². The molecule has 1 aliphatic carbocycles. The number of aromatic nitrogens is 2. The number of fused-ring (bicyclic) bond motifs is 1. The number of hydrogen-bond acceptors (Lipinski definition) is 7. The van der Waals surface area contributed by atoms with E-state index in [9.17, 15) is 4.79 Å². The van der Waals surface area contributed by atoms with Gasteiger partial charge in [0.25, 0.3) is 0 Å². The van der Waals surface area contributed by atoms with Crippen molar-refractivity contribution in [2.75, 3.05) is 32.7 Å². The largest absolute Gasteiger partial charge is 0.300 e. The summed E-state index contributed by atoms with van der Waals surface area (Å²) in [5.74, 6) is 0. The van der Waals surface area contributed by atoms with E-state index in [0.717, 1.165) is 63.6 Å². The number of hydrogen-bond donors (Lipinski definition) is 0. The summed E-state index contributed by atoms with van der Waals surface area (Å²) in [6, 6.07) is 3.07. The number of thiophene rings is 1. The number of rotatable bonds is 5. The number of aldehydes is 1.